The van der Waals surface area contributed by atoms with Gasteiger partial charge >= 0.3 is 0 Å². The van der Waals surface area contributed by atoms with Crippen LogP contribution in [0.4, 0.5) is 0 Å². The van der Waals surface area contributed by atoms with Crippen molar-refractivity contribution < 1.29 is 0 Å². The Kier molecular flexibility index (Phi) is 3.36. The van der Waals surface area contributed by atoms with Crippen LogP contribution in [0.5, 0.6) is 0 Å². The average molecular weight is 295 g/mol. The van der Waals surface area contributed by atoms with E-state index in [1.54, 1.807) is 6.07 Å². The van der Waals surface area contributed by atoms with E-state index in [2.05, 4.69) is 15.9 Å². The number of rotatable bonds is 0. The summed E-state index contributed by atoms with van der Waals surface area (Å²) in [6.07, 6.45) is 0. The molecule has 0 aromatic heterocycles. The molecule has 0 heterocycles. The summed E-state index contributed by atoms with van der Waals surface area (Å²) in [6, 6.07) is 1.60. The minimum absolute atomic E-state index is 0.271. The predicted octanol–water partition coefficient (Wildman–Crippen LogP) is 5.06. The summed E-state index contributed by atoms with van der Waals surface area (Å²) in [5.74, 6) is 0. The zero-order valence-corrected chi connectivity index (χ0v) is 9.58. The Morgan fingerprint density at radius 3 is 2.00 bits per heavy atom. The normalized spacial score (nSPS) is 10.3. The van der Waals surface area contributed by atoms with Gasteiger partial charge in [0.2, 0.25) is 0 Å². The Hall–Kier alpha value is 0.860. The molecule has 1 aromatic rings. The van der Waals surface area contributed by atoms with Crippen molar-refractivity contribution in [2.45, 2.75) is 0 Å². The van der Waals surface area contributed by atoms with Crippen molar-refractivity contribution in [1.29, 1.82) is 0 Å². The number of hydrogen-bond donors (Lipinski definition) is 0. The lowest BCUT2D eigenvalue weighted by atomic mass is 10.3. The van der Waals surface area contributed by atoms with Crippen LogP contribution >= 0.6 is 62.3 Å². The van der Waals surface area contributed by atoms with Gasteiger partial charge in [-0.2, -0.15) is 0 Å². The van der Waals surface area contributed by atoms with E-state index in [1.165, 1.54) is 0 Å². The first kappa shape index (κ1) is 9.94. The topological polar surface area (TPSA) is 0 Å². The molecule has 0 aliphatic rings. The molecule has 0 aliphatic heterocycles. The minimum atomic E-state index is 0.271. The van der Waals surface area contributed by atoms with Gasteiger partial charge in [-0.3, -0.25) is 0 Å². The molecule has 1 aromatic carbocycles. The molecule has 0 unspecified atom stereocenters. The quantitative estimate of drug-likeness (QED) is 0.463. The second kappa shape index (κ2) is 3.71. The zero-order valence-electron chi connectivity index (χ0n) is 4.97. The summed E-state index contributed by atoms with van der Waals surface area (Å²) in [5.41, 5.74) is 0. The number of benzene rings is 1. The molecule has 0 radical (unpaired) electrons. The summed E-state index contributed by atoms with van der Waals surface area (Å²) in [4.78, 5) is 0. The molecule has 11 heavy (non-hydrogen) atoms. The smallest absolute Gasteiger partial charge is 0.0805 e. The first-order chi connectivity index (χ1) is 5.04. The molecule has 0 bridgehead atoms. The number of hydrogen-bond acceptors (Lipinski definition) is 0. The van der Waals surface area contributed by atoms with E-state index in [1.807, 2.05) is 0 Å². The molecule has 0 spiro atoms. The lowest BCUT2D eigenvalue weighted by molar-refractivity contribution is 1.64. The highest BCUT2D eigenvalue weighted by atomic mass is 79.9. The standard InChI is InChI=1S/C6HBrCl4/c7-2-1-3(8)5(10)6(11)4(2)9/h1H. The molecule has 60 valence electrons. The van der Waals surface area contributed by atoms with Crippen molar-refractivity contribution in [3.8, 4) is 0 Å². The van der Waals surface area contributed by atoms with Crippen LogP contribution < -0.4 is 0 Å². The highest BCUT2D eigenvalue weighted by Crippen LogP contribution is 2.40. The van der Waals surface area contributed by atoms with Crippen LogP contribution in [0.3, 0.4) is 0 Å². The highest BCUT2D eigenvalue weighted by Gasteiger charge is 2.10. The molecule has 0 nitrogen and oxygen atoms in total. The summed E-state index contributed by atoms with van der Waals surface area (Å²) in [6.45, 7) is 0. The van der Waals surface area contributed by atoms with E-state index in [4.69, 9.17) is 46.4 Å². The van der Waals surface area contributed by atoms with Crippen LogP contribution in [0.2, 0.25) is 20.1 Å². The summed E-state index contributed by atoms with van der Waals surface area (Å²) < 4.78 is 0.638. The molecule has 0 saturated heterocycles. The van der Waals surface area contributed by atoms with E-state index < -0.39 is 0 Å². The highest BCUT2D eigenvalue weighted by molar-refractivity contribution is 9.10. The fraction of sp³-hybridized carbons (Fsp3) is 0. The van der Waals surface area contributed by atoms with Crippen molar-refractivity contribution in [3.63, 3.8) is 0 Å². The second-order valence-corrected chi connectivity index (χ2v) is 4.18. The molecular formula is C6HBrCl4. The van der Waals surface area contributed by atoms with Crippen molar-refractivity contribution in [2.75, 3.05) is 0 Å². The lowest BCUT2D eigenvalue weighted by Gasteiger charge is -2.02. The van der Waals surface area contributed by atoms with Gasteiger partial charge in [-0.05, 0) is 22.0 Å². The summed E-state index contributed by atoms with van der Waals surface area (Å²) >= 11 is 26.0. The SMILES string of the molecule is Clc1cc(Br)c(Cl)c(Cl)c1Cl. The molecule has 0 saturated carbocycles. The van der Waals surface area contributed by atoms with Gasteiger partial charge in [-0.25, -0.2) is 0 Å². The molecule has 0 N–H and O–H groups in total. The summed E-state index contributed by atoms with van der Waals surface area (Å²) in [5, 5.41) is 1.31. The Bertz CT molecular complexity index is 271. The van der Waals surface area contributed by atoms with Gasteiger partial charge in [0.1, 0.15) is 0 Å². The minimum Gasteiger partial charge on any atom is -0.0826 e. The number of halogens is 5. The Morgan fingerprint density at radius 1 is 0.909 bits per heavy atom. The van der Waals surface area contributed by atoms with Crippen LogP contribution in [0.15, 0.2) is 10.5 Å². The molecule has 0 amide bonds. The van der Waals surface area contributed by atoms with Crippen LogP contribution in [-0.4, -0.2) is 0 Å². The Morgan fingerprint density at radius 2 is 1.45 bits per heavy atom. The predicted molar refractivity (Wildman–Crippen MR) is 54.2 cm³/mol. The zero-order chi connectivity index (χ0) is 8.59. The van der Waals surface area contributed by atoms with Gasteiger partial charge in [0.15, 0.2) is 0 Å². The lowest BCUT2D eigenvalue weighted by Crippen LogP contribution is -1.75. The van der Waals surface area contributed by atoms with E-state index in [9.17, 15) is 0 Å². The van der Waals surface area contributed by atoms with Gasteiger partial charge < -0.3 is 0 Å². The van der Waals surface area contributed by atoms with E-state index in [0.717, 1.165) is 0 Å². The third kappa shape index (κ3) is 1.96. The van der Waals surface area contributed by atoms with Crippen LogP contribution in [0.25, 0.3) is 0 Å². The van der Waals surface area contributed by atoms with E-state index in [0.29, 0.717) is 14.5 Å². The van der Waals surface area contributed by atoms with Gasteiger partial charge in [-0.1, -0.05) is 46.4 Å². The maximum absolute atomic E-state index is 5.73. The molecular weight excluding hydrogens is 294 g/mol. The third-order valence-electron chi connectivity index (χ3n) is 1.06. The average Bonchev–Trinajstić information content (AvgIpc) is 1.97. The van der Waals surface area contributed by atoms with Crippen molar-refractivity contribution >= 4 is 62.3 Å². The Balaban J connectivity index is 3.46. The van der Waals surface area contributed by atoms with Gasteiger partial charge in [-0.15, -0.1) is 0 Å². The van der Waals surface area contributed by atoms with Gasteiger partial charge in [0, 0.05) is 4.47 Å². The Labute approximate surface area is 92.5 Å². The summed E-state index contributed by atoms with van der Waals surface area (Å²) in [7, 11) is 0. The van der Waals surface area contributed by atoms with Crippen LogP contribution in [-0.2, 0) is 0 Å². The fourth-order valence-electron chi connectivity index (χ4n) is 0.544. The van der Waals surface area contributed by atoms with Crippen LogP contribution in [0.1, 0.15) is 0 Å². The maximum atomic E-state index is 5.73. The molecule has 0 aliphatic carbocycles. The maximum Gasteiger partial charge on any atom is 0.0805 e. The van der Waals surface area contributed by atoms with Gasteiger partial charge in [0.25, 0.3) is 0 Å². The van der Waals surface area contributed by atoms with E-state index in [-0.39, 0.29) is 10.0 Å². The largest absolute Gasteiger partial charge is 0.0826 e. The first-order valence-electron chi connectivity index (χ1n) is 2.52. The monoisotopic (exact) mass is 292 g/mol. The fourth-order valence-corrected chi connectivity index (χ4v) is 2.02. The first-order valence-corrected chi connectivity index (χ1v) is 4.83. The molecule has 0 fully saturated rings. The second-order valence-electron chi connectivity index (χ2n) is 1.78. The molecule has 0 atom stereocenters. The third-order valence-corrected chi connectivity index (χ3v) is 3.66. The van der Waals surface area contributed by atoms with Crippen molar-refractivity contribution in [2.24, 2.45) is 0 Å². The van der Waals surface area contributed by atoms with Crippen molar-refractivity contribution in [1.82, 2.24) is 0 Å². The molecule has 1 rings (SSSR count). The van der Waals surface area contributed by atoms with Crippen molar-refractivity contribution in [3.05, 3.63) is 30.6 Å². The van der Waals surface area contributed by atoms with Crippen LogP contribution in [0, 0.1) is 0 Å². The molecule has 5 heteroatoms. The van der Waals surface area contributed by atoms with Gasteiger partial charge in [0.05, 0.1) is 20.1 Å². The van der Waals surface area contributed by atoms with E-state index >= 15 is 0 Å².